The van der Waals surface area contributed by atoms with Gasteiger partial charge in [-0.05, 0) is 70.4 Å². The lowest BCUT2D eigenvalue weighted by Crippen LogP contribution is -2.40. The number of rotatable bonds is 9. The van der Waals surface area contributed by atoms with Gasteiger partial charge >= 0.3 is 5.97 Å². The number of methoxy groups -OCH3 is 1. The molecule has 4 aromatic carbocycles. The first-order valence-corrected chi connectivity index (χ1v) is 16.9. The molecule has 1 aliphatic heterocycles. The Bertz CT molecular complexity index is 2180. The first kappa shape index (κ1) is 32.8. The molecule has 0 unspecified atom stereocenters. The van der Waals surface area contributed by atoms with E-state index in [-0.39, 0.29) is 24.3 Å². The molecule has 2 heterocycles. The van der Waals surface area contributed by atoms with Crippen LogP contribution in [0.1, 0.15) is 35.2 Å². The van der Waals surface area contributed by atoms with Crippen LogP contribution in [0.25, 0.3) is 11.8 Å². The van der Waals surface area contributed by atoms with Crippen molar-refractivity contribution in [3.8, 4) is 11.5 Å². The third-order valence-electron chi connectivity index (χ3n) is 7.44. The van der Waals surface area contributed by atoms with Gasteiger partial charge in [-0.2, -0.15) is 0 Å². The number of ether oxygens (including phenoxy) is 3. The van der Waals surface area contributed by atoms with Crippen LogP contribution in [0.5, 0.6) is 11.5 Å². The van der Waals surface area contributed by atoms with Gasteiger partial charge in [0.25, 0.3) is 5.56 Å². The number of carbonyl (C=O) groups is 1. The minimum atomic E-state index is -0.804. The van der Waals surface area contributed by atoms with E-state index in [0.717, 1.165) is 11.1 Å². The topological polar surface area (TPSA) is 79.1 Å². The van der Waals surface area contributed by atoms with Crippen molar-refractivity contribution in [1.82, 2.24) is 4.57 Å². The molecule has 5 aromatic rings. The molecule has 0 saturated carbocycles. The third kappa shape index (κ3) is 6.80. The van der Waals surface area contributed by atoms with E-state index < -0.39 is 12.0 Å². The number of hydrogen-bond acceptors (Lipinski definition) is 7. The van der Waals surface area contributed by atoms with Crippen molar-refractivity contribution >= 4 is 68.2 Å². The van der Waals surface area contributed by atoms with Crippen LogP contribution in [0.4, 0.5) is 0 Å². The van der Waals surface area contributed by atoms with Gasteiger partial charge in [0.2, 0.25) is 0 Å². The first-order valence-electron chi connectivity index (χ1n) is 14.6. The Kier molecular flexibility index (Phi) is 9.98. The quantitative estimate of drug-likeness (QED) is 0.145. The van der Waals surface area contributed by atoms with Crippen LogP contribution in [0.15, 0.2) is 111 Å². The van der Waals surface area contributed by atoms with Crippen LogP contribution in [0, 0.1) is 0 Å². The molecule has 0 amide bonds. The number of benzene rings is 4. The van der Waals surface area contributed by atoms with Crippen LogP contribution in [-0.4, -0.2) is 24.3 Å². The number of halogens is 3. The van der Waals surface area contributed by atoms with Gasteiger partial charge in [-0.15, -0.1) is 0 Å². The van der Waals surface area contributed by atoms with E-state index in [9.17, 15) is 9.59 Å². The molecule has 238 valence electrons. The Morgan fingerprint density at radius 1 is 1.02 bits per heavy atom. The molecule has 1 atom stereocenters. The Balaban J connectivity index is 1.49. The highest BCUT2D eigenvalue weighted by atomic mass is 79.9. The molecule has 0 spiro atoms. The largest absolute Gasteiger partial charge is 0.493 e. The molecule has 6 rings (SSSR count). The number of nitrogens with zero attached hydrogens (tertiary/aromatic N) is 2. The Morgan fingerprint density at radius 2 is 1.74 bits per heavy atom. The maximum atomic E-state index is 14.2. The molecule has 0 radical (unpaired) electrons. The minimum Gasteiger partial charge on any atom is -0.493 e. The molecule has 11 heteroatoms. The second-order valence-electron chi connectivity index (χ2n) is 10.4. The monoisotopic (exact) mass is 748 g/mol. The number of fused-ring (bicyclic) bond motifs is 1. The van der Waals surface area contributed by atoms with E-state index in [1.165, 1.54) is 11.3 Å². The zero-order valence-corrected chi connectivity index (χ0v) is 29.1. The second kappa shape index (κ2) is 14.3. The number of thiazole rings is 1. The molecule has 0 aliphatic carbocycles. The van der Waals surface area contributed by atoms with E-state index in [1.807, 2.05) is 60.7 Å². The zero-order valence-electron chi connectivity index (χ0n) is 25.2. The average molecular weight is 750 g/mol. The van der Waals surface area contributed by atoms with Gasteiger partial charge in [0, 0.05) is 21.2 Å². The van der Waals surface area contributed by atoms with Crippen molar-refractivity contribution in [3.63, 3.8) is 0 Å². The summed E-state index contributed by atoms with van der Waals surface area (Å²) in [6.45, 7) is 2.15. The van der Waals surface area contributed by atoms with E-state index in [0.29, 0.717) is 52.2 Å². The van der Waals surface area contributed by atoms with Crippen LogP contribution in [0.2, 0.25) is 10.0 Å². The molecule has 1 aliphatic rings. The van der Waals surface area contributed by atoms with Crippen LogP contribution in [0.3, 0.4) is 0 Å². The summed E-state index contributed by atoms with van der Waals surface area (Å²) in [5, 5.41) is 1.14. The lowest BCUT2D eigenvalue weighted by Gasteiger charge is -2.25. The molecule has 1 aromatic heterocycles. The average Bonchev–Trinajstić information content (AvgIpc) is 3.38. The molecule has 0 fully saturated rings. The van der Waals surface area contributed by atoms with Crippen LogP contribution >= 0.6 is 50.5 Å². The summed E-state index contributed by atoms with van der Waals surface area (Å²) in [6, 6.07) is 26.8. The Morgan fingerprint density at radius 3 is 2.45 bits per heavy atom. The summed E-state index contributed by atoms with van der Waals surface area (Å²) in [5.41, 5.74) is 3.36. The van der Waals surface area contributed by atoms with Gasteiger partial charge in [0.05, 0.1) is 40.0 Å². The summed E-state index contributed by atoms with van der Waals surface area (Å²) >= 11 is 17.4. The molecule has 0 N–H and O–H groups in total. The van der Waals surface area contributed by atoms with E-state index >= 15 is 0 Å². The Hall–Kier alpha value is -4.15. The van der Waals surface area contributed by atoms with Crippen molar-refractivity contribution in [2.24, 2.45) is 4.99 Å². The predicted octanol–water partition coefficient (Wildman–Crippen LogP) is 7.59. The predicted molar refractivity (Wildman–Crippen MR) is 189 cm³/mol. The highest BCUT2D eigenvalue weighted by Crippen LogP contribution is 2.38. The highest BCUT2D eigenvalue weighted by molar-refractivity contribution is 9.10. The lowest BCUT2D eigenvalue weighted by atomic mass is 9.93. The highest BCUT2D eigenvalue weighted by Gasteiger charge is 2.35. The molecule has 0 bridgehead atoms. The summed E-state index contributed by atoms with van der Waals surface area (Å²) in [7, 11) is 1.55. The normalized spacial score (nSPS) is 14.4. The smallest absolute Gasteiger partial charge is 0.338 e. The van der Waals surface area contributed by atoms with Gasteiger partial charge in [0.1, 0.15) is 6.61 Å². The molecule has 47 heavy (non-hydrogen) atoms. The summed E-state index contributed by atoms with van der Waals surface area (Å²) in [5.74, 6) is 0.422. The Labute approximate surface area is 293 Å². The lowest BCUT2D eigenvalue weighted by molar-refractivity contribution is -0.138. The zero-order chi connectivity index (χ0) is 33.1. The molecule has 7 nitrogen and oxygen atoms in total. The standard InChI is InChI=1S/C36H27BrCl2N2O5S/c1-3-45-35(43)30-31(22-9-5-4-6-10-22)40-36-41(32(30)23-13-15-25(38)16-14-23)34(42)29(47-36)19-21-17-26(37)33(28(18-21)44-2)46-20-24-11-7-8-12-27(24)39/h4-19,32H,3,20H2,1-2H3/b29-19-/t32-/m0/s1. The summed E-state index contributed by atoms with van der Waals surface area (Å²) < 4.78 is 19.9. The molecular weight excluding hydrogens is 723 g/mol. The number of esters is 1. The maximum Gasteiger partial charge on any atom is 0.338 e. The fourth-order valence-corrected chi connectivity index (χ4v) is 7.17. The molecular formula is C36H27BrCl2N2O5S. The SMILES string of the molecule is CCOC(=O)C1=C(c2ccccc2)N=c2s/c(=C\c3cc(Br)c(OCc4ccccc4Cl)c(OC)c3)c(=O)n2[C@H]1c1ccc(Cl)cc1. The van der Waals surface area contributed by atoms with E-state index in [4.69, 9.17) is 42.4 Å². The minimum absolute atomic E-state index is 0.164. The fraction of sp³-hybridized carbons (Fsp3) is 0.139. The van der Waals surface area contributed by atoms with Crippen LogP contribution < -0.4 is 24.4 Å². The number of aromatic nitrogens is 1. The van der Waals surface area contributed by atoms with Crippen molar-refractivity contribution in [1.29, 1.82) is 0 Å². The number of carbonyl (C=O) groups excluding carboxylic acids is 1. The van der Waals surface area contributed by atoms with E-state index in [2.05, 4.69) is 15.9 Å². The van der Waals surface area contributed by atoms with Crippen LogP contribution in [-0.2, 0) is 16.1 Å². The van der Waals surface area contributed by atoms with Gasteiger partial charge in [-0.1, -0.05) is 95.2 Å². The fourth-order valence-electron chi connectivity index (χ4n) is 5.28. The van der Waals surface area contributed by atoms with Crippen molar-refractivity contribution < 1.29 is 19.0 Å². The van der Waals surface area contributed by atoms with Gasteiger partial charge < -0.3 is 14.2 Å². The second-order valence-corrected chi connectivity index (χ2v) is 13.1. The third-order valence-corrected chi connectivity index (χ3v) is 9.63. The van der Waals surface area contributed by atoms with E-state index in [1.54, 1.807) is 55.0 Å². The first-order chi connectivity index (χ1) is 22.8. The van der Waals surface area contributed by atoms with Crippen molar-refractivity contribution in [2.45, 2.75) is 19.6 Å². The molecule has 0 saturated heterocycles. The van der Waals surface area contributed by atoms with Crippen molar-refractivity contribution in [3.05, 3.63) is 153 Å². The maximum absolute atomic E-state index is 14.2. The van der Waals surface area contributed by atoms with Gasteiger partial charge in [0.15, 0.2) is 16.3 Å². The summed E-state index contributed by atoms with van der Waals surface area (Å²) in [4.78, 5) is 33.2. The summed E-state index contributed by atoms with van der Waals surface area (Å²) in [6.07, 6.45) is 1.77. The van der Waals surface area contributed by atoms with Crippen molar-refractivity contribution in [2.75, 3.05) is 13.7 Å². The number of hydrogen-bond donors (Lipinski definition) is 0. The van der Waals surface area contributed by atoms with Gasteiger partial charge in [-0.25, -0.2) is 9.79 Å². The van der Waals surface area contributed by atoms with Gasteiger partial charge in [-0.3, -0.25) is 9.36 Å².